The molecule has 0 saturated heterocycles. The molecule has 0 fully saturated rings. The van der Waals surface area contributed by atoms with Gasteiger partial charge in [0.25, 0.3) is 0 Å². The van der Waals surface area contributed by atoms with Crippen LogP contribution in [0, 0.1) is 0 Å². The third-order valence-electron chi connectivity index (χ3n) is 1.39. The molecule has 0 atom stereocenters. The largest absolute Gasteiger partial charge is 0.359 e. The molecule has 0 bridgehead atoms. The van der Waals surface area contributed by atoms with E-state index in [4.69, 9.17) is 0 Å². The van der Waals surface area contributed by atoms with Crippen molar-refractivity contribution in [3.05, 3.63) is 0 Å². The number of carbonyl (C=O) groups excluding carboxylic acids is 1. The molecule has 2 amide bonds. The van der Waals surface area contributed by atoms with Gasteiger partial charge in [0.1, 0.15) is 0 Å². The predicted octanol–water partition coefficient (Wildman–Crippen LogP) is -1.29. The second-order valence-corrected chi connectivity index (χ2v) is 2.25. The van der Waals surface area contributed by atoms with Crippen molar-refractivity contribution in [1.29, 1.82) is 0 Å². The van der Waals surface area contributed by atoms with Crippen molar-refractivity contribution in [1.82, 2.24) is 21.3 Å². The van der Waals surface area contributed by atoms with Crippen molar-refractivity contribution in [2.24, 2.45) is 4.99 Å². The van der Waals surface area contributed by atoms with E-state index in [9.17, 15) is 4.79 Å². The number of hydrogen-bond donors (Lipinski definition) is 4. The molecule has 0 aromatic heterocycles. The second kappa shape index (κ2) is 7.20. The molecule has 0 aromatic rings. The zero-order valence-corrected chi connectivity index (χ0v) is 8.27. The zero-order valence-electron chi connectivity index (χ0n) is 8.27. The molecule has 0 aliphatic heterocycles. The van der Waals surface area contributed by atoms with E-state index >= 15 is 0 Å². The smallest absolute Gasteiger partial charge is 0.314 e. The summed E-state index contributed by atoms with van der Waals surface area (Å²) in [5.41, 5.74) is 0. The molecule has 0 heterocycles. The Labute approximate surface area is 78.2 Å². The topological polar surface area (TPSA) is 77.6 Å². The van der Waals surface area contributed by atoms with Crippen molar-refractivity contribution >= 4 is 12.0 Å². The molecule has 0 saturated carbocycles. The Morgan fingerprint density at radius 2 is 1.77 bits per heavy atom. The number of aliphatic imine (C=N–C) groups is 1. The monoisotopic (exact) mass is 187 g/mol. The van der Waals surface area contributed by atoms with Crippen LogP contribution in [0.1, 0.15) is 0 Å². The Balaban J connectivity index is 3.40. The zero-order chi connectivity index (χ0) is 10.1. The maximum atomic E-state index is 10.7. The van der Waals surface area contributed by atoms with Crippen LogP contribution in [0.2, 0.25) is 0 Å². The summed E-state index contributed by atoms with van der Waals surface area (Å²) in [5, 5.41) is 11.0. The number of amides is 2. The number of hydrogen-bond acceptors (Lipinski definition) is 2. The van der Waals surface area contributed by atoms with Crippen molar-refractivity contribution in [3.63, 3.8) is 0 Å². The lowest BCUT2D eigenvalue weighted by molar-refractivity contribution is 0.243. The standard InChI is InChI=1S/C7H17N5O/c1-8-6(9-2)11-4-5-12-7(13)10-3/h4-5H2,1-3H3,(H2,8,9,11)(H2,10,12,13). The van der Waals surface area contributed by atoms with Gasteiger partial charge in [0.05, 0.1) is 0 Å². The van der Waals surface area contributed by atoms with Gasteiger partial charge in [-0.3, -0.25) is 4.99 Å². The molecule has 0 rings (SSSR count). The predicted molar refractivity (Wildman–Crippen MR) is 52.9 cm³/mol. The average molecular weight is 187 g/mol. The minimum Gasteiger partial charge on any atom is -0.359 e. The Hall–Kier alpha value is -1.46. The lowest BCUT2D eigenvalue weighted by Gasteiger charge is -2.08. The molecule has 0 unspecified atom stereocenters. The third-order valence-corrected chi connectivity index (χ3v) is 1.39. The van der Waals surface area contributed by atoms with Crippen LogP contribution >= 0.6 is 0 Å². The number of urea groups is 1. The molecule has 13 heavy (non-hydrogen) atoms. The lowest BCUT2D eigenvalue weighted by atomic mass is 10.6. The molecule has 6 heteroatoms. The first kappa shape index (κ1) is 11.5. The molecule has 4 N–H and O–H groups in total. The van der Waals surface area contributed by atoms with E-state index in [1.54, 1.807) is 21.1 Å². The van der Waals surface area contributed by atoms with Crippen LogP contribution in [-0.2, 0) is 0 Å². The van der Waals surface area contributed by atoms with Gasteiger partial charge in [0.15, 0.2) is 5.96 Å². The summed E-state index contributed by atoms with van der Waals surface area (Å²) in [6, 6.07) is -0.179. The fourth-order valence-corrected chi connectivity index (χ4v) is 0.725. The molecular formula is C7H17N5O. The first-order valence-corrected chi connectivity index (χ1v) is 4.08. The summed E-state index contributed by atoms with van der Waals surface area (Å²) < 4.78 is 0. The Bertz CT molecular complexity index is 180. The van der Waals surface area contributed by atoms with E-state index in [1.807, 2.05) is 0 Å². The Kier molecular flexibility index (Phi) is 6.39. The van der Waals surface area contributed by atoms with Crippen LogP contribution in [0.5, 0.6) is 0 Å². The summed E-state index contributed by atoms with van der Waals surface area (Å²) in [6.07, 6.45) is 0. The lowest BCUT2D eigenvalue weighted by Crippen LogP contribution is -2.41. The number of nitrogens with one attached hydrogen (secondary N) is 4. The maximum absolute atomic E-state index is 10.7. The van der Waals surface area contributed by atoms with Gasteiger partial charge in [-0.05, 0) is 0 Å². The van der Waals surface area contributed by atoms with E-state index in [-0.39, 0.29) is 6.03 Å². The average Bonchev–Trinajstić information content (AvgIpc) is 2.18. The van der Waals surface area contributed by atoms with Crippen molar-refractivity contribution in [2.75, 3.05) is 34.2 Å². The first-order valence-electron chi connectivity index (χ1n) is 4.08. The van der Waals surface area contributed by atoms with Crippen LogP contribution in [0.15, 0.2) is 4.99 Å². The highest BCUT2D eigenvalue weighted by atomic mass is 16.2. The normalized spacial score (nSPS) is 10.5. The second-order valence-electron chi connectivity index (χ2n) is 2.25. The number of nitrogens with zero attached hydrogens (tertiary/aromatic N) is 1. The van der Waals surface area contributed by atoms with Gasteiger partial charge in [-0.15, -0.1) is 0 Å². The van der Waals surface area contributed by atoms with Crippen LogP contribution in [0.25, 0.3) is 0 Å². The van der Waals surface area contributed by atoms with Gasteiger partial charge >= 0.3 is 6.03 Å². The van der Waals surface area contributed by atoms with E-state index in [1.165, 1.54) is 0 Å². The molecule has 0 aliphatic rings. The highest BCUT2D eigenvalue weighted by molar-refractivity contribution is 5.79. The summed E-state index contributed by atoms with van der Waals surface area (Å²) in [4.78, 5) is 14.6. The summed E-state index contributed by atoms with van der Waals surface area (Å²) in [6.45, 7) is 1.20. The fraction of sp³-hybridized carbons (Fsp3) is 0.714. The summed E-state index contributed by atoms with van der Waals surface area (Å²) >= 11 is 0. The quantitative estimate of drug-likeness (QED) is 0.252. The van der Waals surface area contributed by atoms with Gasteiger partial charge in [-0.2, -0.15) is 0 Å². The van der Waals surface area contributed by atoms with Crippen molar-refractivity contribution in [3.8, 4) is 0 Å². The van der Waals surface area contributed by atoms with Crippen LogP contribution < -0.4 is 21.3 Å². The third kappa shape index (κ3) is 5.77. The minimum atomic E-state index is -0.179. The molecule has 6 nitrogen and oxygen atoms in total. The molecule has 0 aromatic carbocycles. The molecular weight excluding hydrogens is 170 g/mol. The highest BCUT2D eigenvalue weighted by Crippen LogP contribution is 1.65. The van der Waals surface area contributed by atoms with Gasteiger partial charge < -0.3 is 21.3 Å². The van der Waals surface area contributed by atoms with E-state index in [0.717, 1.165) is 0 Å². The molecule has 0 aliphatic carbocycles. The first-order chi connectivity index (χ1) is 6.24. The number of carbonyl (C=O) groups is 1. The number of rotatable bonds is 3. The molecule has 0 radical (unpaired) electrons. The minimum absolute atomic E-state index is 0.179. The Morgan fingerprint density at radius 3 is 2.23 bits per heavy atom. The van der Waals surface area contributed by atoms with E-state index in [2.05, 4.69) is 26.3 Å². The number of guanidine groups is 1. The maximum Gasteiger partial charge on any atom is 0.314 e. The van der Waals surface area contributed by atoms with Crippen LogP contribution in [-0.4, -0.2) is 46.2 Å². The van der Waals surface area contributed by atoms with Gasteiger partial charge in [0, 0.05) is 34.2 Å². The van der Waals surface area contributed by atoms with E-state index in [0.29, 0.717) is 19.0 Å². The highest BCUT2D eigenvalue weighted by Gasteiger charge is 1.94. The molecule has 76 valence electrons. The van der Waals surface area contributed by atoms with Crippen LogP contribution in [0.3, 0.4) is 0 Å². The summed E-state index contributed by atoms with van der Waals surface area (Å²) in [7, 11) is 5.04. The SMILES string of the molecule is CN=C(NC)NCCNC(=O)NC. The van der Waals surface area contributed by atoms with Crippen molar-refractivity contribution in [2.45, 2.75) is 0 Å². The van der Waals surface area contributed by atoms with Crippen LogP contribution in [0.4, 0.5) is 4.79 Å². The summed E-state index contributed by atoms with van der Waals surface area (Å²) in [5.74, 6) is 0.707. The molecule has 0 spiro atoms. The van der Waals surface area contributed by atoms with Gasteiger partial charge in [0.2, 0.25) is 0 Å². The van der Waals surface area contributed by atoms with Crippen molar-refractivity contribution < 1.29 is 4.79 Å². The van der Waals surface area contributed by atoms with Gasteiger partial charge in [-0.1, -0.05) is 0 Å². The van der Waals surface area contributed by atoms with Gasteiger partial charge in [-0.25, -0.2) is 4.79 Å². The Morgan fingerprint density at radius 1 is 1.15 bits per heavy atom. The fourth-order valence-electron chi connectivity index (χ4n) is 0.725. The van der Waals surface area contributed by atoms with E-state index < -0.39 is 0 Å².